The van der Waals surface area contributed by atoms with Crippen LogP contribution in [0.15, 0.2) is 41.2 Å². The maximum Gasteiger partial charge on any atom is 0.0952 e. The highest BCUT2D eigenvalue weighted by atomic mass is 127. The van der Waals surface area contributed by atoms with E-state index in [1.54, 1.807) is 12.5 Å². The zero-order valence-corrected chi connectivity index (χ0v) is 10.6. The second-order valence-corrected chi connectivity index (χ2v) is 4.69. The van der Waals surface area contributed by atoms with Gasteiger partial charge in [-0.25, -0.2) is 0 Å². The van der Waals surface area contributed by atoms with Crippen LogP contribution in [0.1, 0.15) is 11.1 Å². The minimum atomic E-state index is 0.804. The number of hydrogen-bond acceptors (Lipinski definition) is 2. The summed E-state index contributed by atoms with van der Waals surface area (Å²) in [4.78, 5) is 0. The second kappa shape index (κ2) is 4.70. The minimum absolute atomic E-state index is 0.804. The van der Waals surface area contributed by atoms with Crippen molar-refractivity contribution in [3.63, 3.8) is 0 Å². The first-order valence-electron chi connectivity index (χ1n) is 4.77. The molecule has 0 radical (unpaired) electrons. The van der Waals surface area contributed by atoms with E-state index in [0.29, 0.717) is 0 Å². The van der Waals surface area contributed by atoms with Crippen molar-refractivity contribution >= 4 is 28.3 Å². The van der Waals surface area contributed by atoms with E-state index in [1.807, 2.05) is 6.07 Å². The Morgan fingerprint density at radius 1 is 1.33 bits per heavy atom. The van der Waals surface area contributed by atoms with Crippen molar-refractivity contribution in [2.75, 3.05) is 5.32 Å². The number of halogens is 1. The number of benzene rings is 1. The number of aryl methyl sites for hydroxylation is 1. The van der Waals surface area contributed by atoms with Crippen LogP contribution in [0, 0.1) is 10.5 Å². The molecule has 0 spiro atoms. The number of furan rings is 1. The molecule has 2 aromatic rings. The number of hydrogen-bond donors (Lipinski definition) is 1. The molecule has 1 aromatic carbocycles. The van der Waals surface area contributed by atoms with Gasteiger partial charge in [0.25, 0.3) is 0 Å². The van der Waals surface area contributed by atoms with Crippen molar-refractivity contribution < 1.29 is 4.42 Å². The molecule has 1 N–H and O–H groups in total. The van der Waals surface area contributed by atoms with Crippen LogP contribution in [0.2, 0.25) is 0 Å². The highest BCUT2D eigenvalue weighted by molar-refractivity contribution is 14.1. The lowest BCUT2D eigenvalue weighted by atomic mass is 10.2. The first kappa shape index (κ1) is 10.5. The van der Waals surface area contributed by atoms with E-state index in [1.165, 1.54) is 14.8 Å². The third-order valence-electron chi connectivity index (χ3n) is 2.25. The fourth-order valence-corrected chi connectivity index (χ4v) is 2.06. The molecule has 1 heterocycles. The van der Waals surface area contributed by atoms with Crippen molar-refractivity contribution in [2.24, 2.45) is 0 Å². The van der Waals surface area contributed by atoms with Gasteiger partial charge in [0.2, 0.25) is 0 Å². The van der Waals surface area contributed by atoms with Crippen molar-refractivity contribution in [3.05, 3.63) is 51.5 Å². The van der Waals surface area contributed by atoms with E-state index in [0.717, 1.165) is 12.1 Å². The summed E-state index contributed by atoms with van der Waals surface area (Å²) in [6.45, 7) is 2.91. The molecule has 0 aliphatic rings. The lowest BCUT2D eigenvalue weighted by molar-refractivity contribution is 0.564. The molecule has 0 atom stereocenters. The fourth-order valence-electron chi connectivity index (χ4n) is 1.42. The monoisotopic (exact) mass is 313 g/mol. The van der Waals surface area contributed by atoms with Gasteiger partial charge in [0.15, 0.2) is 0 Å². The SMILES string of the molecule is Cc1cc(I)ccc1NCc1ccoc1. The second-order valence-electron chi connectivity index (χ2n) is 3.44. The van der Waals surface area contributed by atoms with Gasteiger partial charge in [0, 0.05) is 21.4 Å². The van der Waals surface area contributed by atoms with Crippen LogP contribution in [0.3, 0.4) is 0 Å². The summed E-state index contributed by atoms with van der Waals surface area (Å²) in [6.07, 6.45) is 3.45. The van der Waals surface area contributed by atoms with Gasteiger partial charge in [-0.15, -0.1) is 0 Å². The minimum Gasteiger partial charge on any atom is -0.472 e. The summed E-state index contributed by atoms with van der Waals surface area (Å²) in [5.41, 5.74) is 3.61. The molecule has 2 rings (SSSR count). The summed E-state index contributed by atoms with van der Waals surface area (Å²) >= 11 is 2.32. The van der Waals surface area contributed by atoms with Crippen LogP contribution in [0.5, 0.6) is 0 Å². The summed E-state index contributed by atoms with van der Waals surface area (Å²) < 4.78 is 6.27. The maximum atomic E-state index is 5.01. The van der Waals surface area contributed by atoms with Crippen molar-refractivity contribution in [1.82, 2.24) is 0 Å². The van der Waals surface area contributed by atoms with Crippen LogP contribution in [-0.2, 0) is 6.54 Å². The molecule has 0 amide bonds. The van der Waals surface area contributed by atoms with Crippen LogP contribution >= 0.6 is 22.6 Å². The molecular formula is C12H12INO. The number of rotatable bonds is 3. The highest BCUT2D eigenvalue weighted by Crippen LogP contribution is 2.18. The van der Waals surface area contributed by atoms with Gasteiger partial charge in [0.05, 0.1) is 12.5 Å². The Labute approximate surface area is 103 Å². The topological polar surface area (TPSA) is 25.2 Å². The van der Waals surface area contributed by atoms with Crippen molar-refractivity contribution in [1.29, 1.82) is 0 Å². The molecule has 0 unspecified atom stereocenters. The van der Waals surface area contributed by atoms with E-state index < -0.39 is 0 Å². The van der Waals surface area contributed by atoms with Crippen LogP contribution < -0.4 is 5.32 Å². The molecule has 0 fully saturated rings. The summed E-state index contributed by atoms with van der Waals surface area (Å²) in [6, 6.07) is 8.34. The smallest absolute Gasteiger partial charge is 0.0952 e. The zero-order valence-electron chi connectivity index (χ0n) is 8.46. The van der Waals surface area contributed by atoms with Gasteiger partial charge in [0.1, 0.15) is 0 Å². The first-order chi connectivity index (χ1) is 7.25. The van der Waals surface area contributed by atoms with Crippen LogP contribution in [0.25, 0.3) is 0 Å². The largest absolute Gasteiger partial charge is 0.472 e. The average Bonchev–Trinajstić information content (AvgIpc) is 2.69. The van der Waals surface area contributed by atoms with E-state index in [9.17, 15) is 0 Å². The Kier molecular flexibility index (Phi) is 3.30. The molecule has 0 saturated heterocycles. The molecule has 0 bridgehead atoms. The Hall–Kier alpha value is -0.970. The van der Waals surface area contributed by atoms with Gasteiger partial charge >= 0.3 is 0 Å². The molecule has 0 aliphatic heterocycles. The predicted molar refractivity (Wildman–Crippen MR) is 69.9 cm³/mol. The van der Waals surface area contributed by atoms with Crippen LogP contribution in [0.4, 0.5) is 5.69 Å². The normalized spacial score (nSPS) is 10.3. The van der Waals surface area contributed by atoms with Gasteiger partial charge in [-0.05, 0) is 59.3 Å². The zero-order chi connectivity index (χ0) is 10.7. The standard InChI is InChI=1S/C12H12INO/c1-9-6-11(13)2-3-12(9)14-7-10-4-5-15-8-10/h2-6,8,14H,7H2,1H3. The average molecular weight is 313 g/mol. The predicted octanol–water partition coefficient (Wildman–Crippen LogP) is 3.80. The van der Waals surface area contributed by atoms with Gasteiger partial charge in [-0.3, -0.25) is 0 Å². The lowest BCUT2D eigenvalue weighted by Gasteiger charge is -2.08. The van der Waals surface area contributed by atoms with Gasteiger partial charge in [-0.1, -0.05) is 0 Å². The van der Waals surface area contributed by atoms with Crippen molar-refractivity contribution in [3.8, 4) is 0 Å². The Bertz CT molecular complexity index is 437. The molecule has 78 valence electrons. The molecule has 1 aromatic heterocycles. The van der Waals surface area contributed by atoms with Crippen molar-refractivity contribution in [2.45, 2.75) is 13.5 Å². The lowest BCUT2D eigenvalue weighted by Crippen LogP contribution is -1.99. The third kappa shape index (κ3) is 2.75. The molecule has 2 nitrogen and oxygen atoms in total. The van der Waals surface area contributed by atoms with E-state index in [2.05, 4.69) is 53.0 Å². The first-order valence-corrected chi connectivity index (χ1v) is 5.84. The molecule has 3 heteroatoms. The third-order valence-corrected chi connectivity index (χ3v) is 2.92. The molecule has 0 saturated carbocycles. The van der Waals surface area contributed by atoms with Gasteiger partial charge in [-0.2, -0.15) is 0 Å². The summed E-state index contributed by atoms with van der Waals surface area (Å²) in [7, 11) is 0. The van der Waals surface area contributed by atoms with Crippen LogP contribution in [-0.4, -0.2) is 0 Å². The maximum absolute atomic E-state index is 5.01. The Morgan fingerprint density at radius 2 is 2.20 bits per heavy atom. The van der Waals surface area contributed by atoms with E-state index in [4.69, 9.17) is 4.42 Å². The Morgan fingerprint density at radius 3 is 2.87 bits per heavy atom. The fraction of sp³-hybridized carbons (Fsp3) is 0.167. The Balaban J connectivity index is 2.05. The molecule has 0 aliphatic carbocycles. The number of anilines is 1. The quantitative estimate of drug-likeness (QED) is 0.872. The van der Waals surface area contributed by atoms with E-state index >= 15 is 0 Å². The highest BCUT2D eigenvalue weighted by Gasteiger charge is 1.99. The van der Waals surface area contributed by atoms with E-state index in [-0.39, 0.29) is 0 Å². The molecule has 15 heavy (non-hydrogen) atoms. The molecular weight excluding hydrogens is 301 g/mol. The summed E-state index contributed by atoms with van der Waals surface area (Å²) in [5.74, 6) is 0. The number of nitrogens with one attached hydrogen (secondary N) is 1. The summed E-state index contributed by atoms with van der Waals surface area (Å²) in [5, 5.41) is 3.38. The van der Waals surface area contributed by atoms with Gasteiger partial charge < -0.3 is 9.73 Å².